The van der Waals surface area contributed by atoms with Crippen LogP contribution in [0.4, 0.5) is 0 Å². The normalized spacial score (nSPS) is 30.0. The van der Waals surface area contributed by atoms with Crippen LogP contribution in [0.1, 0.15) is 37.0 Å². The van der Waals surface area contributed by atoms with E-state index in [0.29, 0.717) is 12.0 Å². The number of nitrogens with two attached hydrogens (primary N) is 1. The summed E-state index contributed by atoms with van der Waals surface area (Å²) in [6.45, 7) is 4.43. The third-order valence-corrected chi connectivity index (χ3v) is 5.75. The number of hydrogen-bond acceptors (Lipinski definition) is 2. The Balaban J connectivity index is 0.00000147. The van der Waals surface area contributed by atoms with E-state index in [0.717, 1.165) is 31.4 Å². The highest BCUT2D eigenvalue weighted by molar-refractivity contribution is 14.0. The topological polar surface area (TPSA) is 41.6 Å². The summed E-state index contributed by atoms with van der Waals surface area (Å²) in [5, 5.41) is 0. The number of aliphatic imine (C=N–C) groups is 1. The lowest BCUT2D eigenvalue weighted by Crippen LogP contribution is -2.43. The lowest BCUT2D eigenvalue weighted by Gasteiger charge is -2.31. The number of guanidine groups is 1. The molecule has 0 bridgehead atoms. The molecule has 0 radical (unpaired) electrons. The second kappa shape index (κ2) is 6.96. The molecule has 2 N–H and O–H groups in total. The molecule has 2 aliphatic rings. The van der Waals surface area contributed by atoms with E-state index in [4.69, 9.17) is 10.7 Å². The number of thiophene rings is 1. The Morgan fingerprint density at radius 1 is 1.50 bits per heavy atom. The van der Waals surface area contributed by atoms with E-state index in [9.17, 15) is 0 Å². The molecule has 3 atom stereocenters. The molecule has 1 aromatic rings. The molecule has 1 saturated heterocycles. The van der Waals surface area contributed by atoms with Crippen LogP contribution in [-0.4, -0.2) is 30.0 Å². The molecule has 20 heavy (non-hydrogen) atoms. The summed E-state index contributed by atoms with van der Waals surface area (Å²) >= 11 is 5.34. The first-order valence-corrected chi connectivity index (χ1v) is 8.58. The average molecular weight is 470 g/mol. The standard InChI is InChI=1S/C14H20BrN3S.HI/c1-9-3-2-6-18(8-9)14(16)17-11-7-10(11)12-4-5-13(15)19-12;/h4-5,9-11H,2-3,6-8H2,1H3,(H2,16,17);1H/t9?,10-,11-;/m1./s1. The van der Waals surface area contributed by atoms with Crippen LogP contribution in [0.25, 0.3) is 0 Å². The van der Waals surface area contributed by atoms with Gasteiger partial charge in [0.2, 0.25) is 0 Å². The van der Waals surface area contributed by atoms with Gasteiger partial charge in [0, 0.05) is 23.9 Å². The van der Waals surface area contributed by atoms with Crippen LogP contribution in [0.5, 0.6) is 0 Å². The predicted octanol–water partition coefficient (Wildman–Crippen LogP) is 4.03. The third kappa shape index (κ3) is 3.88. The van der Waals surface area contributed by atoms with Crippen molar-refractivity contribution in [3.63, 3.8) is 0 Å². The second-order valence-electron chi connectivity index (χ2n) is 5.73. The maximum absolute atomic E-state index is 6.17. The minimum absolute atomic E-state index is 0. The minimum atomic E-state index is 0. The summed E-state index contributed by atoms with van der Waals surface area (Å²) in [7, 11) is 0. The summed E-state index contributed by atoms with van der Waals surface area (Å²) in [6, 6.07) is 4.73. The average Bonchev–Trinajstić information content (AvgIpc) is 3.01. The Hall–Kier alpha value is 0.180. The van der Waals surface area contributed by atoms with Crippen LogP contribution >= 0.6 is 51.2 Å². The lowest BCUT2D eigenvalue weighted by atomic mass is 10.0. The van der Waals surface area contributed by atoms with Gasteiger partial charge in [-0.3, -0.25) is 0 Å². The van der Waals surface area contributed by atoms with Crippen molar-refractivity contribution in [3.8, 4) is 0 Å². The monoisotopic (exact) mass is 469 g/mol. The Kier molecular flexibility index (Phi) is 5.76. The molecule has 3 rings (SSSR count). The van der Waals surface area contributed by atoms with Crippen LogP contribution in [0.2, 0.25) is 0 Å². The van der Waals surface area contributed by atoms with Crippen molar-refractivity contribution in [3.05, 3.63) is 20.8 Å². The van der Waals surface area contributed by atoms with Gasteiger partial charge in [0.25, 0.3) is 0 Å². The largest absolute Gasteiger partial charge is 0.370 e. The summed E-state index contributed by atoms with van der Waals surface area (Å²) in [5.74, 6) is 2.09. The summed E-state index contributed by atoms with van der Waals surface area (Å²) < 4.78 is 1.20. The Morgan fingerprint density at radius 3 is 2.95 bits per heavy atom. The zero-order chi connectivity index (χ0) is 13.4. The van der Waals surface area contributed by atoms with E-state index >= 15 is 0 Å². The maximum atomic E-state index is 6.17. The van der Waals surface area contributed by atoms with Crippen molar-refractivity contribution in [2.75, 3.05) is 13.1 Å². The fourth-order valence-corrected chi connectivity index (χ4v) is 4.40. The van der Waals surface area contributed by atoms with Crippen molar-refractivity contribution < 1.29 is 0 Å². The molecule has 1 unspecified atom stereocenters. The second-order valence-corrected chi connectivity index (χ2v) is 8.23. The van der Waals surface area contributed by atoms with Gasteiger partial charge in [0.1, 0.15) is 0 Å². The van der Waals surface area contributed by atoms with E-state index in [1.54, 1.807) is 0 Å². The quantitative estimate of drug-likeness (QED) is 0.403. The summed E-state index contributed by atoms with van der Waals surface area (Å²) in [4.78, 5) is 8.41. The molecule has 0 spiro atoms. The van der Waals surface area contributed by atoms with E-state index < -0.39 is 0 Å². The zero-order valence-corrected chi connectivity index (χ0v) is 16.3. The van der Waals surface area contributed by atoms with Crippen molar-refractivity contribution in [2.45, 2.75) is 38.1 Å². The van der Waals surface area contributed by atoms with Crippen molar-refractivity contribution in [1.29, 1.82) is 0 Å². The van der Waals surface area contributed by atoms with Gasteiger partial charge in [-0.05, 0) is 53.2 Å². The van der Waals surface area contributed by atoms with Crippen LogP contribution in [0.15, 0.2) is 20.9 Å². The van der Waals surface area contributed by atoms with E-state index in [1.165, 1.54) is 21.5 Å². The van der Waals surface area contributed by atoms with Crippen LogP contribution in [0, 0.1) is 5.92 Å². The molecule has 2 heterocycles. The highest BCUT2D eigenvalue weighted by Gasteiger charge is 2.40. The van der Waals surface area contributed by atoms with Crippen LogP contribution in [0.3, 0.4) is 0 Å². The highest BCUT2D eigenvalue weighted by atomic mass is 127. The number of hydrogen-bond donors (Lipinski definition) is 1. The number of rotatable bonds is 2. The Labute approximate surface area is 150 Å². The highest BCUT2D eigenvalue weighted by Crippen LogP contribution is 2.46. The van der Waals surface area contributed by atoms with Gasteiger partial charge < -0.3 is 10.6 Å². The first-order chi connectivity index (χ1) is 9.13. The maximum Gasteiger partial charge on any atom is 0.191 e. The number of nitrogens with zero attached hydrogens (tertiary/aromatic N) is 2. The first-order valence-electron chi connectivity index (χ1n) is 6.97. The predicted molar refractivity (Wildman–Crippen MR) is 100 cm³/mol. The van der Waals surface area contributed by atoms with Gasteiger partial charge in [0.15, 0.2) is 5.96 Å². The molecule has 1 aliphatic carbocycles. The molecular formula is C14H21BrIN3S. The minimum Gasteiger partial charge on any atom is -0.370 e. The van der Waals surface area contributed by atoms with E-state index in [-0.39, 0.29) is 24.0 Å². The van der Waals surface area contributed by atoms with Gasteiger partial charge in [-0.25, -0.2) is 4.99 Å². The summed E-state index contributed by atoms with van der Waals surface area (Å²) in [6.07, 6.45) is 3.71. The first kappa shape index (κ1) is 16.5. The summed E-state index contributed by atoms with van der Waals surface area (Å²) in [5.41, 5.74) is 6.17. The number of likely N-dealkylation sites (tertiary alicyclic amines) is 1. The van der Waals surface area contributed by atoms with E-state index in [1.807, 2.05) is 11.3 Å². The Morgan fingerprint density at radius 2 is 2.30 bits per heavy atom. The molecule has 1 aliphatic heterocycles. The van der Waals surface area contributed by atoms with Crippen LogP contribution < -0.4 is 5.73 Å². The Bertz CT molecular complexity index is 491. The fourth-order valence-electron chi connectivity index (χ4n) is 2.81. The van der Waals surface area contributed by atoms with Gasteiger partial charge in [0.05, 0.1) is 9.83 Å². The molecule has 1 aromatic heterocycles. The SMILES string of the molecule is CC1CCCN(C(N)=N[C@@H]2C[C@H]2c2ccc(Br)s2)C1.I. The zero-order valence-electron chi connectivity index (χ0n) is 11.6. The molecule has 0 aromatic carbocycles. The molecule has 0 amide bonds. The van der Waals surface area contributed by atoms with Gasteiger partial charge in [-0.1, -0.05) is 6.92 Å². The number of piperidine rings is 1. The van der Waals surface area contributed by atoms with E-state index in [2.05, 4.69) is 39.9 Å². The molecule has 2 fully saturated rings. The van der Waals surface area contributed by atoms with Crippen LogP contribution in [-0.2, 0) is 0 Å². The van der Waals surface area contributed by atoms with Crippen molar-refractivity contribution in [1.82, 2.24) is 4.90 Å². The molecular weight excluding hydrogens is 449 g/mol. The van der Waals surface area contributed by atoms with Gasteiger partial charge in [-0.15, -0.1) is 35.3 Å². The molecule has 1 saturated carbocycles. The third-order valence-electron chi connectivity index (χ3n) is 4.00. The molecule has 3 nitrogen and oxygen atoms in total. The fraction of sp³-hybridized carbons (Fsp3) is 0.643. The van der Waals surface area contributed by atoms with Gasteiger partial charge in [-0.2, -0.15) is 0 Å². The molecule has 112 valence electrons. The smallest absolute Gasteiger partial charge is 0.191 e. The number of halogens is 2. The van der Waals surface area contributed by atoms with Crippen molar-refractivity contribution in [2.24, 2.45) is 16.6 Å². The molecule has 6 heteroatoms. The van der Waals surface area contributed by atoms with Crippen molar-refractivity contribution >= 4 is 57.2 Å². The van der Waals surface area contributed by atoms with Gasteiger partial charge >= 0.3 is 0 Å². The lowest BCUT2D eigenvalue weighted by molar-refractivity contribution is 0.270.